The monoisotopic (exact) mass is 461 g/mol. The number of hydrogen-bond donors (Lipinski definition) is 1. The van der Waals surface area contributed by atoms with Gasteiger partial charge in [0.25, 0.3) is 0 Å². The molecule has 6 heteroatoms. The van der Waals surface area contributed by atoms with Crippen LogP contribution in [0.1, 0.15) is 52.5 Å². The summed E-state index contributed by atoms with van der Waals surface area (Å²) in [6.45, 7) is 9.18. The van der Waals surface area contributed by atoms with Crippen LogP contribution in [-0.2, 0) is 14.3 Å². The average molecular weight is 462 g/mol. The number of hydrogen-bond acceptors (Lipinski definition) is 5. The van der Waals surface area contributed by atoms with E-state index in [0.29, 0.717) is 23.5 Å². The molecule has 0 amide bonds. The average Bonchev–Trinajstić information content (AvgIpc) is 3.29. The van der Waals surface area contributed by atoms with E-state index in [4.69, 9.17) is 9.47 Å². The normalized spacial score (nSPS) is 21.9. The van der Waals surface area contributed by atoms with Crippen molar-refractivity contribution in [1.82, 2.24) is 0 Å². The minimum atomic E-state index is -1.40. The van der Waals surface area contributed by atoms with Crippen molar-refractivity contribution in [3.05, 3.63) is 72.3 Å². The molecule has 1 N–H and O–H groups in total. The number of carboxylic acid groups (broad SMARTS) is 1. The standard InChI is InChI=1S/C28H31NO5/c1-6-26(2,3)34-24(30)16-15-23-27(4,5)28(23,25(31)32)22(18-29)19-11-10-14-21(17-19)33-20-12-8-7-9-13-20/h7-17,22-23H,6H2,1-5H3,(H,31,32)/b16-15-/t22-,23-,28+/m0/s1. The van der Waals surface area contributed by atoms with E-state index < -0.39 is 40.2 Å². The van der Waals surface area contributed by atoms with Crippen LogP contribution < -0.4 is 4.74 Å². The maximum atomic E-state index is 12.6. The number of benzene rings is 2. The van der Waals surface area contributed by atoms with Crippen molar-refractivity contribution in [2.45, 2.75) is 52.6 Å². The van der Waals surface area contributed by atoms with Crippen LogP contribution in [0.2, 0.25) is 0 Å². The Balaban J connectivity index is 1.92. The predicted octanol–water partition coefficient (Wildman–Crippen LogP) is 6.10. The lowest BCUT2D eigenvalue weighted by Gasteiger charge is -2.22. The predicted molar refractivity (Wildman–Crippen MR) is 128 cm³/mol. The van der Waals surface area contributed by atoms with E-state index in [1.54, 1.807) is 30.3 Å². The number of carbonyl (C=O) groups is 2. The number of ether oxygens (including phenoxy) is 2. The Morgan fingerprint density at radius 3 is 2.38 bits per heavy atom. The first kappa shape index (κ1) is 25.0. The smallest absolute Gasteiger partial charge is 0.330 e. The molecule has 0 radical (unpaired) electrons. The van der Waals surface area contributed by atoms with Crippen molar-refractivity contribution < 1.29 is 24.2 Å². The number of carboxylic acids is 1. The SMILES string of the molecule is CCC(C)(C)OC(=O)/C=C\[C@H]1C(C)(C)[C@]1(C(=O)O)[C@@H](C#N)c1cccc(Oc2ccccc2)c1. The second kappa shape index (κ2) is 9.34. The molecule has 178 valence electrons. The molecule has 2 aromatic rings. The molecule has 34 heavy (non-hydrogen) atoms. The number of esters is 1. The van der Waals surface area contributed by atoms with Gasteiger partial charge in [-0.3, -0.25) is 4.79 Å². The Kier molecular flexibility index (Phi) is 6.88. The summed E-state index contributed by atoms with van der Waals surface area (Å²) < 4.78 is 11.3. The summed E-state index contributed by atoms with van der Waals surface area (Å²) in [5.41, 5.74) is -2.22. The summed E-state index contributed by atoms with van der Waals surface area (Å²) in [6.07, 6.45) is 3.52. The Bertz CT molecular complexity index is 1130. The second-order valence-electron chi connectivity index (χ2n) is 9.82. The molecule has 0 bridgehead atoms. The molecule has 3 atom stereocenters. The van der Waals surface area contributed by atoms with Crippen molar-refractivity contribution in [3.8, 4) is 17.6 Å². The molecule has 0 heterocycles. The Labute approximate surface area is 200 Å². The van der Waals surface area contributed by atoms with Gasteiger partial charge < -0.3 is 14.6 Å². The maximum absolute atomic E-state index is 12.6. The van der Waals surface area contributed by atoms with Crippen LogP contribution in [-0.4, -0.2) is 22.6 Å². The van der Waals surface area contributed by atoms with E-state index in [2.05, 4.69) is 6.07 Å². The number of allylic oxidation sites excluding steroid dienone is 1. The lowest BCUT2D eigenvalue weighted by atomic mass is 9.78. The van der Waals surface area contributed by atoms with Gasteiger partial charge in [-0.1, -0.05) is 57.2 Å². The van der Waals surface area contributed by atoms with E-state index in [1.165, 1.54) is 6.08 Å². The van der Waals surface area contributed by atoms with Gasteiger partial charge in [0, 0.05) is 12.0 Å². The highest BCUT2D eigenvalue weighted by Gasteiger charge is 2.78. The van der Waals surface area contributed by atoms with Crippen molar-refractivity contribution in [1.29, 1.82) is 5.26 Å². The number of para-hydroxylation sites is 1. The van der Waals surface area contributed by atoms with Crippen LogP contribution in [0.15, 0.2) is 66.7 Å². The molecular formula is C28H31NO5. The topological polar surface area (TPSA) is 96.6 Å². The van der Waals surface area contributed by atoms with Crippen molar-refractivity contribution in [2.24, 2.45) is 16.7 Å². The molecular weight excluding hydrogens is 430 g/mol. The molecule has 0 aromatic heterocycles. The number of rotatable bonds is 9. The number of aliphatic carboxylic acids is 1. The molecule has 6 nitrogen and oxygen atoms in total. The molecule has 1 fully saturated rings. The van der Waals surface area contributed by atoms with Gasteiger partial charge in [0.2, 0.25) is 0 Å². The zero-order valence-electron chi connectivity index (χ0n) is 20.2. The van der Waals surface area contributed by atoms with E-state index in [0.717, 1.165) is 0 Å². The molecule has 0 aliphatic heterocycles. The molecule has 3 rings (SSSR count). The van der Waals surface area contributed by atoms with Crippen LogP contribution in [0.3, 0.4) is 0 Å². The van der Waals surface area contributed by atoms with Gasteiger partial charge in [0.05, 0.1) is 12.0 Å². The molecule has 0 spiro atoms. The quantitative estimate of drug-likeness (QED) is 0.358. The molecule has 0 unspecified atom stereocenters. The minimum absolute atomic E-state index is 0.514. The van der Waals surface area contributed by atoms with Gasteiger partial charge in [-0.05, 0) is 55.5 Å². The van der Waals surface area contributed by atoms with E-state index in [1.807, 2.05) is 65.0 Å². The van der Waals surface area contributed by atoms with Crippen LogP contribution in [0.5, 0.6) is 11.5 Å². The van der Waals surface area contributed by atoms with E-state index >= 15 is 0 Å². The van der Waals surface area contributed by atoms with Crippen LogP contribution in [0.4, 0.5) is 0 Å². The third-order valence-corrected chi connectivity index (χ3v) is 7.01. The minimum Gasteiger partial charge on any atom is -0.481 e. The van der Waals surface area contributed by atoms with Crippen molar-refractivity contribution in [2.75, 3.05) is 0 Å². The first-order chi connectivity index (χ1) is 16.0. The lowest BCUT2D eigenvalue weighted by molar-refractivity contribution is -0.150. The summed E-state index contributed by atoms with van der Waals surface area (Å²) >= 11 is 0. The highest BCUT2D eigenvalue weighted by molar-refractivity contribution is 5.86. The first-order valence-electron chi connectivity index (χ1n) is 11.4. The summed E-state index contributed by atoms with van der Waals surface area (Å²) in [7, 11) is 0. The Morgan fingerprint density at radius 1 is 1.15 bits per heavy atom. The highest BCUT2D eigenvalue weighted by atomic mass is 16.6. The maximum Gasteiger partial charge on any atom is 0.330 e. The van der Waals surface area contributed by atoms with Crippen molar-refractivity contribution >= 4 is 11.9 Å². The largest absolute Gasteiger partial charge is 0.481 e. The fourth-order valence-corrected chi connectivity index (χ4v) is 4.69. The molecule has 2 aromatic carbocycles. The van der Waals surface area contributed by atoms with Gasteiger partial charge in [0.1, 0.15) is 22.5 Å². The summed E-state index contributed by atoms with van der Waals surface area (Å²) in [5, 5.41) is 20.5. The molecule has 1 aliphatic carbocycles. The molecule has 0 saturated heterocycles. The highest BCUT2D eigenvalue weighted by Crippen LogP contribution is 2.75. The molecule has 1 aliphatic rings. The van der Waals surface area contributed by atoms with Crippen LogP contribution in [0.25, 0.3) is 0 Å². The summed E-state index contributed by atoms with van der Waals surface area (Å²) in [5.74, 6) is -1.92. The summed E-state index contributed by atoms with van der Waals surface area (Å²) in [6, 6.07) is 18.4. The lowest BCUT2D eigenvalue weighted by Crippen LogP contribution is -2.29. The van der Waals surface area contributed by atoms with Gasteiger partial charge in [-0.15, -0.1) is 0 Å². The van der Waals surface area contributed by atoms with E-state index in [9.17, 15) is 20.0 Å². The third-order valence-electron chi connectivity index (χ3n) is 7.01. The number of carbonyl (C=O) groups excluding carboxylic acids is 1. The van der Waals surface area contributed by atoms with Crippen LogP contribution in [0, 0.1) is 28.1 Å². The van der Waals surface area contributed by atoms with Gasteiger partial charge in [-0.2, -0.15) is 5.26 Å². The zero-order valence-corrected chi connectivity index (χ0v) is 20.2. The van der Waals surface area contributed by atoms with E-state index in [-0.39, 0.29) is 0 Å². The van der Waals surface area contributed by atoms with Gasteiger partial charge in [-0.25, -0.2) is 4.79 Å². The molecule has 1 saturated carbocycles. The van der Waals surface area contributed by atoms with Gasteiger partial charge in [0.15, 0.2) is 0 Å². The third kappa shape index (κ3) is 4.56. The Morgan fingerprint density at radius 2 is 1.79 bits per heavy atom. The summed E-state index contributed by atoms with van der Waals surface area (Å²) in [4.78, 5) is 25.0. The van der Waals surface area contributed by atoms with Crippen molar-refractivity contribution in [3.63, 3.8) is 0 Å². The second-order valence-corrected chi connectivity index (χ2v) is 9.82. The first-order valence-corrected chi connectivity index (χ1v) is 11.4. The number of nitrogens with zero attached hydrogens (tertiary/aromatic N) is 1. The number of nitriles is 1. The Hall–Kier alpha value is -3.59. The fourth-order valence-electron chi connectivity index (χ4n) is 4.69. The van der Waals surface area contributed by atoms with Crippen LogP contribution >= 0.6 is 0 Å². The van der Waals surface area contributed by atoms with Gasteiger partial charge >= 0.3 is 11.9 Å². The fraction of sp³-hybridized carbons (Fsp3) is 0.393. The zero-order chi connectivity index (χ0) is 25.1.